The second kappa shape index (κ2) is 8.48. The number of nitrogens with zero attached hydrogens (tertiary/aromatic N) is 4. The van der Waals surface area contributed by atoms with Gasteiger partial charge in [0.2, 0.25) is 5.91 Å². The van der Waals surface area contributed by atoms with Crippen LogP contribution in [0.5, 0.6) is 0 Å². The molecule has 0 N–H and O–H groups in total. The number of imidazole rings is 1. The molecule has 1 saturated heterocycles. The summed E-state index contributed by atoms with van der Waals surface area (Å²) in [6, 6.07) is 0. The van der Waals surface area contributed by atoms with Crippen LogP contribution in [0.3, 0.4) is 0 Å². The van der Waals surface area contributed by atoms with Crippen LogP contribution in [0.2, 0.25) is 0 Å². The third-order valence-corrected chi connectivity index (χ3v) is 4.47. The number of amides is 1. The molecular formula is C18H32N4O. The fourth-order valence-electron chi connectivity index (χ4n) is 3.32. The van der Waals surface area contributed by atoms with Crippen LogP contribution in [0.1, 0.15) is 51.3 Å². The number of aromatic nitrogens is 2. The Morgan fingerprint density at radius 3 is 2.91 bits per heavy atom. The molecule has 1 aromatic heterocycles. The van der Waals surface area contributed by atoms with Gasteiger partial charge >= 0.3 is 0 Å². The van der Waals surface area contributed by atoms with E-state index in [0.717, 1.165) is 51.3 Å². The van der Waals surface area contributed by atoms with Crippen molar-refractivity contribution in [2.24, 2.45) is 5.92 Å². The van der Waals surface area contributed by atoms with Crippen molar-refractivity contribution in [1.82, 2.24) is 19.4 Å². The van der Waals surface area contributed by atoms with E-state index in [2.05, 4.69) is 48.6 Å². The molecule has 1 atom stereocenters. The first-order valence-electron chi connectivity index (χ1n) is 8.91. The zero-order valence-corrected chi connectivity index (χ0v) is 15.2. The molecule has 23 heavy (non-hydrogen) atoms. The molecule has 0 aliphatic carbocycles. The van der Waals surface area contributed by atoms with Crippen molar-refractivity contribution >= 4 is 5.91 Å². The summed E-state index contributed by atoms with van der Waals surface area (Å²) >= 11 is 0. The van der Waals surface area contributed by atoms with Gasteiger partial charge in [-0.3, -0.25) is 4.79 Å². The second-order valence-electron chi connectivity index (χ2n) is 7.41. The van der Waals surface area contributed by atoms with Crippen LogP contribution in [0.15, 0.2) is 12.4 Å². The normalized spacial score (nSPS) is 18.9. The topological polar surface area (TPSA) is 41.4 Å². The lowest BCUT2D eigenvalue weighted by molar-refractivity contribution is -0.133. The summed E-state index contributed by atoms with van der Waals surface area (Å²) in [6.45, 7) is 8.04. The van der Waals surface area contributed by atoms with Gasteiger partial charge in [-0.05, 0) is 45.8 Å². The van der Waals surface area contributed by atoms with E-state index in [0.29, 0.717) is 24.2 Å². The molecule has 0 radical (unpaired) electrons. The summed E-state index contributed by atoms with van der Waals surface area (Å²) < 4.78 is 2.28. The van der Waals surface area contributed by atoms with Crippen LogP contribution in [-0.4, -0.2) is 59.0 Å². The molecule has 130 valence electrons. The smallest absolute Gasteiger partial charge is 0.222 e. The van der Waals surface area contributed by atoms with E-state index in [4.69, 9.17) is 0 Å². The predicted molar refractivity (Wildman–Crippen MR) is 93.4 cm³/mol. The van der Waals surface area contributed by atoms with E-state index in [9.17, 15) is 4.79 Å². The predicted octanol–water partition coefficient (Wildman–Crippen LogP) is 2.59. The molecule has 1 fully saturated rings. The van der Waals surface area contributed by atoms with Gasteiger partial charge in [-0.2, -0.15) is 0 Å². The Labute approximate surface area is 140 Å². The largest absolute Gasteiger partial charge is 0.342 e. The van der Waals surface area contributed by atoms with Gasteiger partial charge < -0.3 is 14.4 Å². The lowest BCUT2D eigenvalue weighted by atomic mass is 9.96. The number of aryl methyl sites for hydroxylation is 1. The lowest BCUT2D eigenvalue weighted by Gasteiger charge is -2.33. The van der Waals surface area contributed by atoms with Crippen molar-refractivity contribution < 1.29 is 4.79 Å². The lowest BCUT2D eigenvalue weighted by Crippen LogP contribution is -2.40. The molecule has 0 spiro atoms. The van der Waals surface area contributed by atoms with Gasteiger partial charge in [0.05, 0.1) is 0 Å². The molecule has 5 heteroatoms. The molecule has 1 aromatic rings. The van der Waals surface area contributed by atoms with Crippen LogP contribution < -0.4 is 0 Å². The zero-order chi connectivity index (χ0) is 16.8. The molecule has 0 saturated carbocycles. The average Bonchev–Trinajstić information content (AvgIpc) is 2.95. The van der Waals surface area contributed by atoms with Crippen molar-refractivity contribution in [3.63, 3.8) is 0 Å². The first-order chi connectivity index (χ1) is 11.0. The van der Waals surface area contributed by atoms with Crippen LogP contribution in [0.4, 0.5) is 0 Å². The Kier molecular flexibility index (Phi) is 6.63. The fraction of sp³-hybridized carbons (Fsp3) is 0.778. The summed E-state index contributed by atoms with van der Waals surface area (Å²) in [5.74, 6) is 2.27. The van der Waals surface area contributed by atoms with Crippen molar-refractivity contribution in [2.45, 2.75) is 52.0 Å². The Hall–Kier alpha value is -1.36. The van der Waals surface area contributed by atoms with Gasteiger partial charge in [-0.15, -0.1) is 0 Å². The Morgan fingerprint density at radius 1 is 1.43 bits per heavy atom. The molecule has 0 aromatic carbocycles. The molecule has 0 bridgehead atoms. The quantitative estimate of drug-likeness (QED) is 0.775. The number of rotatable bonds is 7. The van der Waals surface area contributed by atoms with Gasteiger partial charge in [0.15, 0.2) is 0 Å². The second-order valence-corrected chi connectivity index (χ2v) is 7.41. The number of hydrogen-bond acceptors (Lipinski definition) is 3. The minimum Gasteiger partial charge on any atom is -0.342 e. The summed E-state index contributed by atoms with van der Waals surface area (Å²) in [5, 5.41) is 0. The maximum Gasteiger partial charge on any atom is 0.222 e. The van der Waals surface area contributed by atoms with Crippen LogP contribution in [0.25, 0.3) is 0 Å². The molecule has 1 aliphatic heterocycles. The van der Waals surface area contributed by atoms with Crippen LogP contribution in [0, 0.1) is 5.92 Å². The monoisotopic (exact) mass is 320 g/mol. The summed E-state index contributed by atoms with van der Waals surface area (Å²) in [7, 11) is 4.21. The molecule has 1 aliphatic rings. The number of carbonyl (C=O) groups excluding carboxylic acids is 1. The standard InChI is InChI=1S/C18H32N4O/c1-15(2)13-17(23)22-10-5-7-16(14-22)18-19-8-12-21(18)11-6-9-20(3)4/h8,12,15-16H,5-7,9-11,13-14H2,1-4H3/t16-/m0/s1. The van der Waals surface area contributed by atoms with E-state index >= 15 is 0 Å². The number of hydrogen-bond donors (Lipinski definition) is 0. The minimum absolute atomic E-state index is 0.301. The first kappa shape index (κ1) is 18.0. The van der Waals surface area contributed by atoms with Crippen molar-refractivity contribution in [3.05, 3.63) is 18.2 Å². The summed E-state index contributed by atoms with van der Waals surface area (Å²) in [5.41, 5.74) is 0. The number of likely N-dealkylation sites (tertiary alicyclic amines) is 1. The average molecular weight is 320 g/mol. The molecule has 2 heterocycles. The molecule has 2 rings (SSSR count). The van der Waals surface area contributed by atoms with E-state index in [-0.39, 0.29) is 0 Å². The van der Waals surface area contributed by atoms with E-state index in [1.165, 1.54) is 0 Å². The number of piperidine rings is 1. The summed E-state index contributed by atoms with van der Waals surface area (Å²) in [4.78, 5) is 21.2. The highest BCUT2D eigenvalue weighted by Crippen LogP contribution is 2.26. The Balaban J connectivity index is 1.96. The highest BCUT2D eigenvalue weighted by Gasteiger charge is 2.27. The minimum atomic E-state index is 0.301. The van der Waals surface area contributed by atoms with E-state index < -0.39 is 0 Å². The highest BCUT2D eigenvalue weighted by atomic mass is 16.2. The maximum atomic E-state index is 12.3. The van der Waals surface area contributed by atoms with Crippen molar-refractivity contribution in [2.75, 3.05) is 33.7 Å². The SMILES string of the molecule is CC(C)CC(=O)N1CCC[C@H](c2nccn2CCCN(C)C)C1. The third kappa shape index (κ3) is 5.34. The Morgan fingerprint density at radius 2 is 2.22 bits per heavy atom. The molecule has 0 unspecified atom stereocenters. The van der Waals surface area contributed by atoms with E-state index in [1.54, 1.807) is 0 Å². The zero-order valence-electron chi connectivity index (χ0n) is 15.2. The molecule has 1 amide bonds. The van der Waals surface area contributed by atoms with Gasteiger partial charge in [0.25, 0.3) is 0 Å². The highest BCUT2D eigenvalue weighted by molar-refractivity contribution is 5.76. The first-order valence-corrected chi connectivity index (χ1v) is 8.91. The van der Waals surface area contributed by atoms with E-state index in [1.807, 2.05) is 11.1 Å². The van der Waals surface area contributed by atoms with Crippen molar-refractivity contribution in [3.8, 4) is 0 Å². The van der Waals surface area contributed by atoms with Crippen LogP contribution in [-0.2, 0) is 11.3 Å². The Bertz CT molecular complexity index is 495. The number of carbonyl (C=O) groups is 1. The van der Waals surface area contributed by atoms with Gasteiger partial charge in [0, 0.05) is 44.4 Å². The maximum absolute atomic E-state index is 12.3. The molecule has 5 nitrogen and oxygen atoms in total. The third-order valence-electron chi connectivity index (χ3n) is 4.47. The van der Waals surface area contributed by atoms with Crippen molar-refractivity contribution in [1.29, 1.82) is 0 Å². The van der Waals surface area contributed by atoms with Gasteiger partial charge in [0.1, 0.15) is 5.82 Å². The van der Waals surface area contributed by atoms with Gasteiger partial charge in [-0.1, -0.05) is 13.8 Å². The van der Waals surface area contributed by atoms with Gasteiger partial charge in [-0.25, -0.2) is 4.98 Å². The molecular weight excluding hydrogens is 288 g/mol. The summed E-state index contributed by atoms with van der Waals surface area (Å²) in [6.07, 6.45) is 7.98. The van der Waals surface area contributed by atoms with Crippen LogP contribution >= 0.6 is 0 Å². The fourth-order valence-corrected chi connectivity index (χ4v) is 3.32.